The first kappa shape index (κ1) is 37.7. The van der Waals surface area contributed by atoms with Crippen molar-refractivity contribution in [1.82, 2.24) is 0 Å². The largest absolute Gasteiger partial charge is 0.465 e. The standard InChI is InChI=1S/C36H52O9/c1-13-27(38)20(6)34-21(7)28(39)17-30(44-34)18(4)16-19(5)33(45-31(40)15-3)24(10)36(42-26(12)37)25(11)35-23(9)32(41)22(8)29(14-2)43-35/h16-18,20,24-25,27,33,36,38H,13-15H2,1-12H3/b19-16+/t18-,20-,24-,25-,27?,33-,36+/m0/s1. The Balaban J connectivity index is 2.63. The van der Waals surface area contributed by atoms with E-state index in [2.05, 4.69) is 0 Å². The molecule has 0 radical (unpaired) electrons. The molecule has 250 valence electrons. The third-order valence-corrected chi connectivity index (χ3v) is 8.83. The molecule has 0 bridgehead atoms. The van der Waals surface area contributed by atoms with Gasteiger partial charge in [0.05, 0.1) is 12.0 Å². The maximum absolute atomic E-state index is 13.0. The number of allylic oxidation sites excluding steroid dienone is 1. The number of hydrogen-bond donors (Lipinski definition) is 1. The van der Waals surface area contributed by atoms with Crippen molar-refractivity contribution < 1.29 is 33.0 Å². The van der Waals surface area contributed by atoms with E-state index in [0.717, 1.165) is 0 Å². The minimum absolute atomic E-state index is 0.118. The lowest BCUT2D eigenvalue weighted by Crippen LogP contribution is -2.40. The molecular formula is C36H52O9. The molecule has 0 aliphatic carbocycles. The van der Waals surface area contributed by atoms with Crippen LogP contribution in [0.3, 0.4) is 0 Å². The molecule has 1 unspecified atom stereocenters. The van der Waals surface area contributed by atoms with Crippen molar-refractivity contribution in [2.24, 2.45) is 5.92 Å². The Morgan fingerprint density at radius 2 is 1.49 bits per heavy atom. The number of rotatable bonds is 14. The van der Waals surface area contributed by atoms with E-state index in [4.69, 9.17) is 18.3 Å². The number of carbonyl (C=O) groups excluding carboxylic acids is 2. The first-order valence-electron chi connectivity index (χ1n) is 16.0. The van der Waals surface area contributed by atoms with E-state index < -0.39 is 48.0 Å². The van der Waals surface area contributed by atoms with Crippen LogP contribution in [-0.4, -0.2) is 35.4 Å². The van der Waals surface area contributed by atoms with Gasteiger partial charge in [-0.25, -0.2) is 0 Å². The summed E-state index contributed by atoms with van der Waals surface area (Å²) in [4.78, 5) is 51.0. The topological polar surface area (TPSA) is 133 Å². The second-order valence-corrected chi connectivity index (χ2v) is 12.3. The highest BCUT2D eigenvalue weighted by Crippen LogP contribution is 2.35. The second-order valence-electron chi connectivity index (χ2n) is 12.3. The molecule has 0 amide bonds. The molecule has 0 fully saturated rings. The fraction of sp³-hybridized carbons (Fsp3) is 0.611. The van der Waals surface area contributed by atoms with Crippen LogP contribution in [0.15, 0.2) is 36.1 Å². The summed E-state index contributed by atoms with van der Waals surface area (Å²) in [6.45, 7) is 21.1. The van der Waals surface area contributed by atoms with Crippen LogP contribution in [-0.2, 0) is 25.5 Å². The SMILES string of the molecule is CCC(=O)O[C@@H](/C(C)=C/[C@H](C)c1cc(=O)c(C)c([C@@H](C)C(O)CC)o1)[C@H](C)[C@@H](OC(C)=O)[C@@H](C)c1oc(CC)c(C)c(=O)c1C. The number of aliphatic hydroxyl groups is 1. The summed E-state index contributed by atoms with van der Waals surface area (Å²) in [5, 5.41) is 10.4. The van der Waals surface area contributed by atoms with Gasteiger partial charge in [-0.2, -0.15) is 0 Å². The smallest absolute Gasteiger partial charge is 0.306 e. The Bertz CT molecular complexity index is 1500. The van der Waals surface area contributed by atoms with E-state index >= 15 is 0 Å². The van der Waals surface area contributed by atoms with E-state index in [0.29, 0.717) is 58.1 Å². The summed E-state index contributed by atoms with van der Waals surface area (Å²) < 4.78 is 24.2. The van der Waals surface area contributed by atoms with Crippen LogP contribution in [0.5, 0.6) is 0 Å². The van der Waals surface area contributed by atoms with Gasteiger partial charge in [-0.15, -0.1) is 0 Å². The van der Waals surface area contributed by atoms with Crippen molar-refractivity contribution in [3.05, 3.63) is 77.9 Å². The fourth-order valence-electron chi connectivity index (χ4n) is 5.95. The maximum Gasteiger partial charge on any atom is 0.306 e. The van der Waals surface area contributed by atoms with Crippen molar-refractivity contribution in [3.63, 3.8) is 0 Å². The maximum atomic E-state index is 13.0. The van der Waals surface area contributed by atoms with Crippen LogP contribution in [0.4, 0.5) is 0 Å². The highest BCUT2D eigenvalue weighted by Gasteiger charge is 2.38. The summed E-state index contributed by atoms with van der Waals surface area (Å²) in [5.74, 6) is -0.967. The van der Waals surface area contributed by atoms with Gasteiger partial charge in [0.15, 0.2) is 10.9 Å². The summed E-state index contributed by atoms with van der Waals surface area (Å²) in [6.07, 6.45) is 0.752. The monoisotopic (exact) mass is 628 g/mol. The molecule has 0 aliphatic rings. The van der Waals surface area contributed by atoms with Gasteiger partial charge in [-0.3, -0.25) is 19.2 Å². The Labute approximate surface area is 267 Å². The van der Waals surface area contributed by atoms with E-state index in [9.17, 15) is 24.3 Å². The summed E-state index contributed by atoms with van der Waals surface area (Å²) in [6, 6.07) is 1.45. The first-order chi connectivity index (χ1) is 21.0. The number of esters is 2. The molecule has 9 nitrogen and oxygen atoms in total. The highest BCUT2D eigenvalue weighted by molar-refractivity contribution is 5.69. The average Bonchev–Trinajstić information content (AvgIpc) is 3.00. The molecular weight excluding hydrogens is 576 g/mol. The summed E-state index contributed by atoms with van der Waals surface area (Å²) in [7, 11) is 0. The van der Waals surface area contributed by atoms with E-state index in [1.807, 2.05) is 54.5 Å². The van der Waals surface area contributed by atoms with Crippen LogP contribution in [0.2, 0.25) is 0 Å². The summed E-state index contributed by atoms with van der Waals surface area (Å²) >= 11 is 0. The zero-order chi connectivity index (χ0) is 34.3. The van der Waals surface area contributed by atoms with Gasteiger partial charge in [0.1, 0.15) is 35.2 Å². The van der Waals surface area contributed by atoms with Crippen LogP contribution in [0.1, 0.15) is 133 Å². The van der Waals surface area contributed by atoms with E-state index in [-0.39, 0.29) is 23.2 Å². The molecule has 2 heterocycles. The molecule has 0 saturated heterocycles. The van der Waals surface area contributed by atoms with Crippen LogP contribution in [0.25, 0.3) is 0 Å². The Morgan fingerprint density at radius 1 is 0.889 bits per heavy atom. The van der Waals surface area contributed by atoms with Gasteiger partial charge >= 0.3 is 11.9 Å². The van der Waals surface area contributed by atoms with Gasteiger partial charge in [-0.1, -0.05) is 54.5 Å². The lowest BCUT2D eigenvalue weighted by atomic mass is 9.83. The molecule has 0 aromatic carbocycles. The van der Waals surface area contributed by atoms with Gasteiger partial charge in [0.25, 0.3) is 0 Å². The molecule has 45 heavy (non-hydrogen) atoms. The molecule has 2 aromatic rings. The predicted molar refractivity (Wildman–Crippen MR) is 174 cm³/mol. The van der Waals surface area contributed by atoms with Crippen molar-refractivity contribution >= 4 is 11.9 Å². The van der Waals surface area contributed by atoms with Gasteiger partial charge < -0.3 is 23.4 Å². The number of ether oxygens (including phenoxy) is 2. The molecule has 1 N–H and O–H groups in total. The Hall–Kier alpha value is -3.46. The van der Waals surface area contributed by atoms with Crippen LogP contribution < -0.4 is 10.9 Å². The van der Waals surface area contributed by atoms with Gasteiger partial charge in [0, 0.05) is 60.3 Å². The van der Waals surface area contributed by atoms with Crippen molar-refractivity contribution in [3.8, 4) is 0 Å². The number of aliphatic hydroxyl groups excluding tert-OH is 1. The number of hydrogen-bond acceptors (Lipinski definition) is 9. The lowest BCUT2D eigenvalue weighted by molar-refractivity contribution is -0.158. The van der Waals surface area contributed by atoms with Gasteiger partial charge in [-0.05, 0) is 39.7 Å². The number of carbonyl (C=O) groups is 2. The molecule has 0 aliphatic heterocycles. The van der Waals surface area contributed by atoms with Gasteiger partial charge in [0.2, 0.25) is 0 Å². The van der Waals surface area contributed by atoms with Crippen molar-refractivity contribution in [2.75, 3.05) is 0 Å². The summed E-state index contributed by atoms with van der Waals surface area (Å²) in [5.41, 5.74) is 1.81. The molecule has 2 aromatic heterocycles. The predicted octanol–water partition coefficient (Wildman–Crippen LogP) is 6.70. The number of aryl methyl sites for hydroxylation is 1. The van der Waals surface area contributed by atoms with Crippen molar-refractivity contribution in [2.45, 2.75) is 138 Å². The molecule has 2 rings (SSSR count). The highest BCUT2D eigenvalue weighted by atomic mass is 16.6. The first-order valence-corrected chi connectivity index (χ1v) is 16.0. The van der Waals surface area contributed by atoms with Crippen LogP contribution in [0, 0.1) is 26.7 Å². The molecule has 0 spiro atoms. The van der Waals surface area contributed by atoms with E-state index in [1.54, 1.807) is 27.7 Å². The second kappa shape index (κ2) is 16.2. The minimum atomic E-state index is -0.814. The fourth-order valence-corrected chi connectivity index (χ4v) is 5.95. The molecule has 9 heteroatoms. The Kier molecular flexibility index (Phi) is 13.6. The zero-order valence-electron chi connectivity index (χ0n) is 29.0. The molecule has 0 saturated carbocycles. The quantitative estimate of drug-likeness (QED) is 0.179. The lowest BCUT2D eigenvalue weighted by Gasteiger charge is -2.34. The zero-order valence-corrected chi connectivity index (χ0v) is 29.0. The molecule has 7 atom stereocenters. The van der Waals surface area contributed by atoms with E-state index in [1.165, 1.54) is 13.0 Å². The average molecular weight is 629 g/mol. The normalized spacial score (nSPS) is 16.7. The Morgan fingerprint density at radius 3 is 2.02 bits per heavy atom. The van der Waals surface area contributed by atoms with Crippen LogP contribution >= 0.6 is 0 Å². The third-order valence-electron chi connectivity index (χ3n) is 8.83. The van der Waals surface area contributed by atoms with Crippen molar-refractivity contribution in [1.29, 1.82) is 0 Å². The third kappa shape index (κ3) is 8.84. The minimum Gasteiger partial charge on any atom is -0.465 e.